The molecule has 0 aromatic heterocycles. The van der Waals surface area contributed by atoms with Crippen molar-refractivity contribution in [3.63, 3.8) is 0 Å². The van der Waals surface area contributed by atoms with E-state index in [0.717, 1.165) is 5.56 Å². The molecule has 8 nitrogen and oxygen atoms in total. The van der Waals surface area contributed by atoms with Gasteiger partial charge in [0.05, 0.1) is 40.0 Å². The second-order valence-electron chi connectivity index (χ2n) is 6.04. The number of amides is 1. The molecular weight excluding hydrogens is 378 g/mol. The minimum atomic E-state index is -0.492. The lowest BCUT2D eigenvalue weighted by molar-refractivity contribution is -0.123. The number of methoxy groups -OCH3 is 4. The summed E-state index contributed by atoms with van der Waals surface area (Å²) < 4.78 is 26.0. The van der Waals surface area contributed by atoms with Gasteiger partial charge in [-0.3, -0.25) is 4.79 Å². The Morgan fingerprint density at radius 2 is 1.59 bits per heavy atom. The minimum absolute atomic E-state index is 0.232. The number of carbonyl (C=O) groups is 2. The van der Waals surface area contributed by atoms with Crippen LogP contribution in [0.4, 0.5) is 0 Å². The van der Waals surface area contributed by atoms with Gasteiger partial charge in [-0.25, -0.2) is 4.79 Å². The van der Waals surface area contributed by atoms with E-state index in [2.05, 4.69) is 10.1 Å². The molecule has 0 radical (unpaired) electrons. The summed E-state index contributed by atoms with van der Waals surface area (Å²) in [5, 5.41) is 2.85. The quantitative estimate of drug-likeness (QED) is 0.644. The molecule has 0 bridgehead atoms. The number of hydrogen-bond donors (Lipinski definition) is 1. The van der Waals surface area contributed by atoms with Crippen molar-refractivity contribution >= 4 is 11.9 Å². The smallest absolute Gasteiger partial charge is 0.337 e. The van der Waals surface area contributed by atoms with Gasteiger partial charge in [0.1, 0.15) is 11.5 Å². The minimum Gasteiger partial charge on any atom is -0.497 e. The van der Waals surface area contributed by atoms with Gasteiger partial charge in [-0.2, -0.15) is 0 Å². The van der Waals surface area contributed by atoms with Crippen LogP contribution in [-0.4, -0.2) is 46.9 Å². The van der Waals surface area contributed by atoms with Gasteiger partial charge in [0.15, 0.2) is 18.1 Å². The first-order valence-electron chi connectivity index (χ1n) is 8.83. The first-order valence-corrected chi connectivity index (χ1v) is 8.83. The number of benzene rings is 2. The van der Waals surface area contributed by atoms with Crippen LogP contribution in [-0.2, 0) is 9.53 Å². The fourth-order valence-electron chi connectivity index (χ4n) is 2.71. The summed E-state index contributed by atoms with van der Waals surface area (Å²) in [5.74, 6) is 1.13. The molecule has 0 aliphatic rings. The Labute approximate surface area is 169 Å². The van der Waals surface area contributed by atoms with Crippen molar-refractivity contribution in [2.75, 3.05) is 35.0 Å². The molecule has 156 valence electrons. The monoisotopic (exact) mass is 403 g/mol. The van der Waals surface area contributed by atoms with Crippen molar-refractivity contribution in [2.24, 2.45) is 0 Å². The van der Waals surface area contributed by atoms with Crippen molar-refractivity contribution in [1.29, 1.82) is 0 Å². The molecule has 0 heterocycles. The number of hydrogen-bond acceptors (Lipinski definition) is 7. The fourth-order valence-corrected chi connectivity index (χ4v) is 2.71. The van der Waals surface area contributed by atoms with E-state index in [-0.39, 0.29) is 18.6 Å². The Kier molecular flexibility index (Phi) is 7.70. The van der Waals surface area contributed by atoms with E-state index in [1.807, 2.05) is 6.92 Å². The van der Waals surface area contributed by atoms with Gasteiger partial charge in [0.2, 0.25) is 0 Å². The van der Waals surface area contributed by atoms with E-state index in [1.165, 1.54) is 26.4 Å². The number of nitrogens with one attached hydrogen (secondary N) is 1. The van der Waals surface area contributed by atoms with Crippen LogP contribution in [0.1, 0.15) is 28.9 Å². The van der Waals surface area contributed by atoms with Crippen LogP contribution >= 0.6 is 0 Å². The summed E-state index contributed by atoms with van der Waals surface area (Å²) in [6, 6.07) is 9.60. The van der Waals surface area contributed by atoms with E-state index in [0.29, 0.717) is 28.6 Å². The van der Waals surface area contributed by atoms with E-state index in [9.17, 15) is 9.59 Å². The van der Waals surface area contributed by atoms with Crippen molar-refractivity contribution in [1.82, 2.24) is 5.32 Å². The maximum atomic E-state index is 12.4. The zero-order valence-corrected chi connectivity index (χ0v) is 17.1. The lowest BCUT2D eigenvalue weighted by Crippen LogP contribution is -2.31. The van der Waals surface area contributed by atoms with Crippen molar-refractivity contribution < 1.29 is 33.3 Å². The average Bonchev–Trinajstić information content (AvgIpc) is 2.76. The largest absolute Gasteiger partial charge is 0.497 e. The number of rotatable bonds is 9. The molecular formula is C21H25NO7. The van der Waals surface area contributed by atoms with Gasteiger partial charge >= 0.3 is 5.97 Å². The van der Waals surface area contributed by atoms with Crippen molar-refractivity contribution in [3.05, 3.63) is 47.5 Å². The van der Waals surface area contributed by atoms with Gasteiger partial charge < -0.3 is 29.0 Å². The molecule has 0 saturated heterocycles. The molecule has 2 aromatic rings. The molecule has 0 aliphatic carbocycles. The van der Waals surface area contributed by atoms with Gasteiger partial charge in [-0.1, -0.05) is 0 Å². The molecule has 1 atom stereocenters. The maximum absolute atomic E-state index is 12.4. The molecule has 29 heavy (non-hydrogen) atoms. The second-order valence-corrected chi connectivity index (χ2v) is 6.04. The molecule has 2 aromatic carbocycles. The predicted octanol–water partition coefficient (Wildman–Crippen LogP) is 2.76. The van der Waals surface area contributed by atoms with Gasteiger partial charge in [-0.15, -0.1) is 0 Å². The van der Waals surface area contributed by atoms with Crippen molar-refractivity contribution in [2.45, 2.75) is 13.0 Å². The highest BCUT2D eigenvalue weighted by atomic mass is 16.5. The average molecular weight is 403 g/mol. The highest BCUT2D eigenvalue weighted by molar-refractivity contribution is 5.90. The molecule has 0 fully saturated rings. The summed E-state index contributed by atoms with van der Waals surface area (Å²) in [6.07, 6.45) is 0. The SMILES string of the molecule is COC(=O)c1ccc(OCC(=O)N[C@H](C)c2cc(OC)ccc2OC)c(OC)c1. The lowest BCUT2D eigenvalue weighted by atomic mass is 10.1. The summed E-state index contributed by atoms with van der Waals surface area (Å²) in [4.78, 5) is 24.0. The lowest BCUT2D eigenvalue weighted by Gasteiger charge is -2.18. The molecule has 0 aliphatic heterocycles. The van der Waals surface area contributed by atoms with E-state index < -0.39 is 5.97 Å². The van der Waals surface area contributed by atoms with Crippen molar-refractivity contribution in [3.8, 4) is 23.0 Å². The topological polar surface area (TPSA) is 92.3 Å². The Morgan fingerprint density at radius 3 is 2.21 bits per heavy atom. The molecule has 0 unspecified atom stereocenters. The molecule has 1 N–H and O–H groups in total. The Morgan fingerprint density at radius 1 is 0.897 bits per heavy atom. The van der Waals surface area contributed by atoms with Crippen LogP contribution in [0, 0.1) is 0 Å². The van der Waals surface area contributed by atoms with Crippen LogP contribution in [0.3, 0.4) is 0 Å². The predicted molar refractivity (Wildman–Crippen MR) is 106 cm³/mol. The molecule has 2 rings (SSSR count). The third-order valence-electron chi connectivity index (χ3n) is 4.22. The number of ether oxygens (including phenoxy) is 5. The molecule has 1 amide bonds. The Balaban J connectivity index is 2.04. The van der Waals surface area contributed by atoms with E-state index in [4.69, 9.17) is 18.9 Å². The molecule has 0 spiro atoms. The first-order chi connectivity index (χ1) is 13.9. The highest BCUT2D eigenvalue weighted by Crippen LogP contribution is 2.30. The Bertz CT molecular complexity index is 866. The number of esters is 1. The third-order valence-corrected chi connectivity index (χ3v) is 4.22. The zero-order valence-electron chi connectivity index (χ0n) is 17.1. The fraction of sp³-hybridized carbons (Fsp3) is 0.333. The van der Waals surface area contributed by atoms with Crippen LogP contribution in [0.15, 0.2) is 36.4 Å². The van der Waals surface area contributed by atoms with Crippen LogP contribution < -0.4 is 24.3 Å². The van der Waals surface area contributed by atoms with Gasteiger partial charge in [0.25, 0.3) is 5.91 Å². The molecule has 0 saturated carbocycles. The standard InChI is InChI=1S/C21H25NO7/c1-13(16-11-15(25-2)7-9-17(16)26-3)22-20(23)12-29-18-8-6-14(21(24)28-5)10-19(18)27-4/h6-11,13H,12H2,1-5H3,(H,22,23)/t13-/m1/s1. The van der Waals surface area contributed by atoms with Crippen LogP contribution in [0.2, 0.25) is 0 Å². The first kappa shape index (κ1) is 21.9. The summed E-state index contributed by atoms with van der Waals surface area (Å²) in [6.45, 7) is 1.60. The van der Waals surface area contributed by atoms with Crippen LogP contribution in [0.25, 0.3) is 0 Å². The Hall–Kier alpha value is -3.42. The van der Waals surface area contributed by atoms with Gasteiger partial charge in [-0.05, 0) is 43.3 Å². The van der Waals surface area contributed by atoms with E-state index in [1.54, 1.807) is 38.5 Å². The maximum Gasteiger partial charge on any atom is 0.337 e. The van der Waals surface area contributed by atoms with E-state index >= 15 is 0 Å². The zero-order chi connectivity index (χ0) is 21.4. The number of carbonyl (C=O) groups excluding carboxylic acids is 2. The van der Waals surface area contributed by atoms with Gasteiger partial charge in [0, 0.05) is 5.56 Å². The second kappa shape index (κ2) is 10.2. The van der Waals surface area contributed by atoms with Crippen LogP contribution in [0.5, 0.6) is 23.0 Å². The summed E-state index contributed by atoms with van der Waals surface area (Å²) in [5.41, 5.74) is 1.10. The highest BCUT2D eigenvalue weighted by Gasteiger charge is 2.17. The third kappa shape index (κ3) is 5.54. The summed E-state index contributed by atoms with van der Waals surface area (Å²) >= 11 is 0. The summed E-state index contributed by atoms with van der Waals surface area (Å²) in [7, 11) is 5.87. The molecule has 8 heteroatoms. The normalized spacial score (nSPS) is 11.2.